The molecule has 2 saturated carbocycles. The van der Waals surface area contributed by atoms with Crippen LogP contribution in [0, 0.1) is 48.3 Å². The maximum absolute atomic E-state index is 12.9. The monoisotopic (exact) mass is 360 g/mol. The van der Waals surface area contributed by atoms with Crippen molar-refractivity contribution in [2.45, 2.75) is 46.5 Å². The summed E-state index contributed by atoms with van der Waals surface area (Å²) in [5.74, 6) is 2.01. The average Bonchev–Trinajstić information content (AvgIpc) is 3.54. The van der Waals surface area contributed by atoms with Gasteiger partial charge in [-0.2, -0.15) is 10.5 Å². The highest BCUT2D eigenvalue weighted by Gasteiger charge is 2.45. The summed E-state index contributed by atoms with van der Waals surface area (Å²) in [4.78, 5) is 12.9. The van der Waals surface area contributed by atoms with E-state index in [1.807, 2.05) is 39.0 Å². The standard InChI is InChI=1S/C22H20N2O3/c1-11-8-17(13(3)26-11)12(2)18-20(19(14-4-5-14)15-6-7-15)21(27-22(18)25)16(9-23)10-24/h8,14-15H,4-7H2,1-3H3/b18-12-. The fourth-order valence-electron chi connectivity index (χ4n) is 4.00. The number of hydrogen-bond acceptors (Lipinski definition) is 5. The summed E-state index contributed by atoms with van der Waals surface area (Å²) in [7, 11) is 0. The van der Waals surface area contributed by atoms with Gasteiger partial charge >= 0.3 is 5.97 Å². The number of cyclic esters (lactones) is 1. The molecular formula is C22H20N2O3. The summed E-state index contributed by atoms with van der Waals surface area (Å²) in [5.41, 5.74) is 3.86. The Bertz CT molecular complexity index is 999. The van der Waals surface area contributed by atoms with Crippen molar-refractivity contribution in [2.24, 2.45) is 11.8 Å². The van der Waals surface area contributed by atoms with Gasteiger partial charge in [-0.15, -0.1) is 0 Å². The van der Waals surface area contributed by atoms with E-state index in [9.17, 15) is 15.3 Å². The minimum absolute atomic E-state index is 0.139. The number of aryl methyl sites for hydroxylation is 2. The Balaban J connectivity index is 2.02. The van der Waals surface area contributed by atoms with E-state index in [0.717, 1.165) is 48.3 Å². The second kappa shape index (κ2) is 6.28. The second-order valence-electron chi connectivity index (χ2n) is 7.52. The van der Waals surface area contributed by atoms with E-state index in [1.54, 1.807) is 0 Å². The molecule has 0 atom stereocenters. The van der Waals surface area contributed by atoms with Crippen molar-refractivity contribution in [3.63, 3.8) is 0 Å². The summed E-state index contributed by atoms with van der Waals surface area (Å²) in [6.45, 7) is 5.62. The molecule has 3 fully saturated rings. The van der Waals surface area contributed by atoms with E-state index in [0.29, 0.717) is 23.0 Å². The fraction of sp³-hybridized carbons (Fsp3) is 0.409. The normalized spacial score (nSPS) is 20.9. The molecule has 136 valence electrons. The first-order chi connectivity index (χ1) is 13.0. The highest BCUT2D eigenvalue weighted by Crippen LogP contribution is 2.54. The van der Waals surface area contributed by atoms with Crippen LogP contribution < -0.4 is 0 Å². The van der Waals surface area contributed by atoms with Crippen LogP contribution in [0.5, 0.6) is 0 Å². The molecule has 27 heavy (non-hydrogen) atoms. The summed E-state index contributed by atoms with van der Waals surface area (Å²) in [5, 5.41) is 18.8. The van der Waals surface area contributed by atoms with Crippen LogP contribution in [0.4, 0.5) is 0 Å². The molecule has 3 aliphatic rings. The van der Waals surface area contributed by atoms with Gasteiger partial charge in [0.1, 0.15) is 23.7 Å². The van der Waals surface area contributed by atoms with Crippen LogP contribution >= 0.6 is 0 Å². The molecule has 5 heteroatoms. The molecule has 1 aromatic rings. The molecule has 4 rings (SSSR count). The van der Waals surface area contributed by atoms with Crippen molar-refractivity contribution in [1.29, 1.82) is 10.5 Å². The number of carbonyl (C=O) groups excluding carboxylic acids is 1. The molecule has 1 aromatic heterocycles. The zero-order chi connectivity index (χ0) is 19.3. The number of ether oxygens (including phenoxy) is 1. The molecule has 2 heterocycles. The zero-order valence-electron chi connectivity index (χ0n) is 15.7. The lowest BCUT2D eigenvalue weighted by molar-refractivity contribution is -0.132. The lowest BCUT2D eigenvalue weighted by Gasteiger charge is -2.12. The quantitative estimate of drug-likeness (QED) is 0.445. The molecule has 0 unspecified atom stereocenters. The lowest BCUT2D eigenvalue weighted by Crippen LogP contribution is -2.03. The van der Waals surface area contributed by atoms with Gasteiger partial charge in [-0.25, -0.2) is 4.79 Å². The number of rotatable bonds is 3. The fourth-order valence-corrected chi connectivity index (χ4v) is 4.00. The van der Waals surface area contributed by atoms with Gasteiger partial charge in [0, 0.05) is 11.1 Å². The molecule has 1 aliphatic heterocycles. The molecule has 2 aliphatic carbocycles. The molecule has 0 spiro atoms. The number of allylic oxidation sites excluding steroid dienone is 4. The Morgan fingerprint density at radius 3 is 2.11 bits per heavy atom. The van der Waals surface area contributed by atoms with Gasteiger partial charge in [-0.1, -0.05) is 5.57 Å². The van der Waals surface area contributed by atoms with Crippen LogP contribution in [0.3, 0.4) is 0 Å². The summed E-state index contributed by atoms with van der Waals surface area (Å²) in [6, 6.07) is 5.71. The van der Waals surface area contributed by atoms with Crippen molar-refractivity contribution in [2.75, 3.05) is 0 Å². The van der Waals surface area contributed by atoms with E-state index in [2.05, 4.69) is 0 Å². The topological polar surface area (TPSA) is 87.0 Å². The predicted molar refractivity (Wildman–Crippen MR) is 97.6 cm³/mol. The Morgan fingerprint density at radius 1 is 1.07 bits per heavy atom. The summed E-state index contributed by atoms with van der Waals surface area (Å²) < 4.78 is 11.1. The van der Waals surface area contributed by atoms with E-state index in [-0.39, 0.29) is 11.3 Å². The third-order valence-electron chi connectivity index (χ3n) is 5.47. The smallest absolute Gasteiger partial charge is 0.344 e. The largest absolute Gasteiger partial charge is 0.466 e. The molecule has 5 nitrogen and oxygen atoms in total. The SMILES string of the molecule is C/C(=C1/C(=O)OC(=C(C#N)C#N)C1=C(C1CC1)C1CC1)c1cc(C)oc1C. The molecule has 0 amide bonds. The van der Waals surface area contributed by atoms with E-state index < -0.39 is 5.97 Å². The number of hydrogen-bond donors (Lipinski definition) is 0. The molecule has 0 N–H and O–H groups in total. The summed E-state index contributed by atoms with van der Waals surface area (Å²) >= 11 is 0. The van der Waals surface area contributed by atoms with E-state index >= 15 is 0 Å². The number of furan rings is 1. The highest BCUT2D eigenvalue weighted by molar-refractivity contribution is 6.07. The Labute approximate surface area is 158 Å². The van der Waals surface area contributed by atoms with Crippen LogP contribution in [0.15, 0.2) is 38.5 Å². The molecular weight excluding hydrogens is 340 g/mol. The van der Waals surface area contributed by atoms with Crippen molar-refractivity contribution < 1.29 is 13.9 Å². The number of esters is 1. The van der Waals surface area contributed by atoms with Crippen LogP contribution in [0.2, 0.25) is 0 Å². The third kappa shape index (κ3) is 2.90. The van der Waals surface area contributed by atoms with Crippen molar-refractivity contribution in [3.05, 3.63) is 51.2 Å². The zero-order valence-corrected chi connectivity index (χ0v) is 15.7. The van der Waals surface area contributed by atoms with Crippen LogP contribution in [0.1, 0.15) is 49.7 Å². The average molecular weight is 360 g/mol. The van der Waals surface area contributed by atoms with Crippen molar-refractivity contribution in [1.82, 2.24) is 0 Å². The molecule has 0 bridgehead atoms. The van der Waals surface area contributed by atoms with Crippen molar-refractivity contribution >= 4 is 11.5 Å². The van der Waals surface area contributed by atoms with Gasteiger partial charge in [0.05, 0.1) is 5.57 Å². The number of carbonyl (C=O) groups is 1. The Hall–Kier alpha value is -3.05. The van der Waals surface area contributed by atoms with Crippen LogP contribution in [-0.2, 0) is 9.53 Å². The maximum atomic E-state index is 12.9. The highest BCUT2D eigenvalue weighted by atomic mass is 16.5. The first-order valence-corrected chi connectivity index (χ1v) is 9.26. The second-order valence-corrected chi connectivity index (χ2v) is 7.52. The number of nitriles is 2. The summed E-state index contributed by atoms with van der Waals surface area (Å²) in [6.07, 6.45) is 4.34. The van der Waals surface area contributed by atoms with Gasteiger partial charge in [-0.05, 0) is 69.9 Å². The van der Waals surface area contributed by atoms with Gasteiger partial charge in [-0.3, -0.25) is 0 Å². The maximum Gasteiger partial charge on any atom is 0.344 e. The predicted octanol–water partition coefficient (Wildman–Crippen LogP) is 4.64. The lowest BCUT2D eigenvalue weighted by atomic mass is 9.88. The van der Waals surface area contributed by atoms with Crippen molar-refractivity contribution in [3.8, 4) is 12.1 Å². The molecule has 0 aromatic carbocycles. The Morgan fingerprint density at radius 2 is 1.67 bits per heavy atom. The van der Waals surface area contributed by atoms with Gasteiger partial charge in [0.25, 0.3) is 0 Å². The van der Waals surface area contributed by atoms with Gasteiger partial charge < -0.3 is 9.15 Å². The third-order valence-corrected chi connectivity index (χ3v) is 5.47. The minimum atomic E-state index is -0.488. The Kier molecular flexibility index (Phi) is 4.04. The van der Waals surface area contributed by atoms with E-state index in [4.69, 9.17) is 9.15 Å². The number of nitrogens with zero attached hydrogens (tertiary/aromatic N) is 2. The first-order valence-electron chi connectivity index (χ1n) is 9.26. The molecule has 0 radical (unpaired) electrons. The van der Waals surface area contributed by atoms with Gasteiger partial charge in [0.15, 0.2) is 11.3 Å². The molecule has 1 saturated heterocycles. The van der Waals surface area contributed by atoms with Crippen LogP contribution in [0.25, 0.3) is 5.57 Å². The minimum Gasteiger partial charge on any atom is -0.466 e. The van der Waals surface area contributed by atoms with Gasteiger partial charge in [0.2, 0.25) is 0 Å². The van der Waals surface area contributed by atoms with Crippen LogP contribution in [-0.4, -0.2) is 5.97 Å². The first kappa shape index (κ1) is 17.4. The van der Waals surface area contributed by atoms with E-state index in [1.165, 1.54) is 5.57 Å².